The quantitative estimate of drug-likeness (QED) is 0.421. The molecule has 0 aliphatic carbocycles. The fraction of sp³-hybridized carbons (Fsp3) is 0.400. The number of aromatic nitrogens is 1. The zero-order valence-electron chi connectivity index (χ0n) is 10.0. The summed E-state index contributed by atoms with van der Waals surface area (Å²) < 4.78 is 0. The van der Waals surface area contributed by atoms with Gasteiger partial charge in [0.1, 0.15) is 0 Å². The molecular formula is C10H15KN2O3. The van der Waals surface area contributed by atoms with Gasteiger partial charge in [-0.05, 0) is 12.1 Å². The van der Waals surface area contributed by atoms with Gasteiger partial charge < -0.3 is 5.11 Å². The van der Waals surface area contributed by atoms with Crippen LogP contribution < -0.4 is 67.4 Å². The first-order valence-electron chi connectivity index (χ1n) is 4.40. The molecule has 6 heteroatoms. The SMILES string of the molecule is CC(C)(C)[O-].O=c1ccccnc1NO.[K+]. The minimum atomic E-state index is -0.750. The summed E-state index contributed by atoms with van der Waals surface area (Å²) in [5, 5.41) is 18.4. The number of hydrogen-bond acceptors (Lipinski definition) is 5. The molecule has 0 radical (unpaired) electrons. The van der Waals surface area contributed by atoms with E-state index in [-0.39, 0.29) is 62.6 Å². The second kappa shape index (κ2) is 9.23. The average molecular weight is 250 g/mol. The van der Waals surface area contributed by atoms with E-state index in [1.165, 1.54) is 12.3 Å². The molecule has 1 heterocycles. The number of rotatable bonds is 1. The molecule has 0 fully saturated rings. The van der Waals surface area contributed by atoms with Crippen molar-refractivity contribution in [1.82, 2.24) is 4.98 Å². The fourth-order valence-corrected chi connectivity index (χ4v) is 0.537. The maximum absolute atomic E-state index is 10.8. The van der Waals surface area contributed by atoms with Crippen molar-refractivity contribution in [2.75, 3.05) is 5.48 Å². The van der Waals surface area contributed by atoms with Crippen LogP contribution in [0.25, 0.3) is 0 Å². The van der Waals surface area contributed by atoms with Crippen LogP contribution in [0.4, 0.5) is 5.82 Å². The average Bonchev–Trinajstić information content (AvgIpc) is 2.26. The van der Waals surface area contributed by atoms with Gasteiger partial charge in [0.25, 0.3) is 0 Å². The molecule has 16 heavy (non-hydrogen) atoms. The molecule has 1 aromatic heterocycles. The second-order valence-corrected chi connectivity index (χ2v) is 3.77. The molecule has 0 atom stereocenters. The molecule has 1 aromatic rings. The third-order valence-electron chi connectivity index (χ3n) is 0.988. The Labute approximate surface area is 137 Å². The van der Waals surface area contributed by atoms with E-state index in [1.807, 2.05) is 0 Å². The monoisotopic (exact) mass is 250 g/mol. The van der Waals surface area contributed by atoms with Gasteiger partial charge in [-0.25, -0.2) is 10.5 Å². The molecule has 0 amide bonds. The van der Waals surface area contributed by atoms with E-state index < -0.39 is 5.60 Å². The predicted octanol–water partition coefficient (Wildman–Crippen LogP) is -2.61. The standard InChI is InChI=1S/C6H6N2O2.C4H9O.K/c9-5-3-1-2-4-7-6(5)8-10;1-4(2,3)5;/h1-4,10H,(H,7,8,9);1-3H3;/q;-1;+1. The Hall–Kier alpha value is 0.176. The zero-order chi connectivity index (χ0) is 11.9. The zero-order valence-corrected chi connectivity index (χ0v) is 13.1. The number of anilines is 1. The first-order chi connectivity index (χ1) is 6.84. The van der Waals surface area contributed by atoms with Gasteiger partial charge in [-0.1, -0.05) is 26.8 Å². The summed E-state index contributed by atoms with van der Waals surface area (Å²) in [6.45, 7) is 4.90. The molecule has 0 aliphatic rings. The topological polar surface area (TPSA) is 85.3 Å². The first kappa shape index (κ1) is 18.5. The van der Waals surface area contributed by atoms with Gasteiger partial charge in [0.05, 0.1) is 0 Å². The van der Waals surface area contributed by atoms with E-state index in [4.69, 9.17) is 5.21 Å². The molecule has 0 bridgehead atoms. The summed E-state index contributed by atoms with van der Waals surface area (Å²) in [6, 6.07) is 4.46. The molecule has 0 spiro atoms. The molecule has 1 rings (SSSR count). The van der Waals surface area contributed by atoms with Crippen LogP contribution in [0.5, 0.6) is 0 Å². The van der Waals surface area contributed by atoms with Crippen LogP contribution in [0.3, 0.4) is 0 Å². The summed E-state index contributed by atoms with van der Waals surface area (Å²) in [7, 11) is 0. The van der Waals surface area contributed by atoms with Crippen molar-refractivity contribution in [3.8, 4) is 0 Å². The van der Waals surface area contributed by atoms with E-state index in [9.17, 15) is 9.90 Å². The minimum absolute atomic E-state index is 0. The van der Waals surface area contributed by atoms with Gasteiger partial charge in [-0.3, -0.25) is 10.0 Å². The van der Waals surface area contributed by atoms with Gasteiger partial charge in [-0.15, -0.1) is 5.60 Å². The van der Waals surface area contributed by atoms with Crippen LogP contribution in [0.15, 0.2) is 29.2 Å². The van der Waals surface area contributed by atoms with Crippen molar-refractivity contribution in [1.29, 1.82) is 0 Å². The predicted molar refractivity (Wildman–Crippen MR) is 55.7 cm³/mol. The Morgan fingerprint density at radius 1 is 1.38 bits per heavy atom. The summed E-state index contributed by atoms with van der Waals surface area (Å²) in [5.74, 6) is -0.0648. The molecule has 84 valence electrons. The van der Waals surface area contributed by atoms with Gasteiger partial charge in [0.15, 0.2) is 5.82 Å². The van der Waals surface area contributed by atoms with E-state index in [0.29, 0.717) is 0 Å². The maximum atomic E-state index is 10.8. The Morgan fingerprint density at radius 2 is 1.88 bits per heavy atom. The fourth-order valence-electron chi connectivity index (χ4n) is 0.537. The van der Waals surface area contributed by atoms with Crippen LogP contribution >= 0.6 is 0 Å². The van der Waals surface area contributed by atoms with E-state index in [2.05, 4.69) is 4.98 Å². The second-order valence-electron chi connectivity index (χ2n) is 3.77. The van der Waals surface area contributed by atoms with E-state index in [0.717, 1.165) is 0 Å². The third-order valence-corrected chi connectivity index (χ3v) is 0.988. The van der Waals surface area contributed by atoms with Crippen molar-refractivity contribution in [2.24, 2.45) is 0 Å². The van der Waals surface area contributed by atoms with Crippen molar-refractivity contribution >= 4 is 5.82 Å². The largest absolute Gasteiger partial charge is 1.00 e. The summed E-state index contributed by atoms with van der Waals surface area (Å²) in [4.78, 5) is 14.4. The molecule has 0 aromatic carbocycles. The summed E-state index contributed by atoms with van der Waals surface area (Å²) in [5.41, 5.74) is 0.601. The van der Waals surface area contributed by atoms with Crippen molar-refractivity contribution < 1.29 is 61.7 Å². The van der Waals surface area contributed by atoms with Crippen LogP contribution in [-0.2, 0) is 0 Å². The van der Waals surface area contributed by atoms with Crippen LogP contribution in [0.1, 0.15) is 20.8 Å². The first-order valence-corrected chi connectivity index (χ1v) is 4.40. The molecule has 0 saturated carbocycles. The Balaban J connectivity index is 0. The molecular weight excluding hydrogens is 235 g/mol. The summed E-state index contributed by atoms with van der Waals surface area (Å²) in [6.07, 6.45) is 1.42. The summed E-state index contributed by atoms with van der Waals surface area (Å²) >= 11 is 0. The molecule has 2 N–H and O–H groups in total. The molecule has 0 aliphatic heterocycles. The van der Waals surface area contributed by atoms with Crippen LogP contribution in [-0.4, -0.2) is 15.8 Å². The van der Waals surface area contributed by atoms with E-state index in [1.54, 1.807) is 38.4 Å². The Kier molecular flexibility index (Phi) is 10.7. The smallest absolute Gasteiger partial charge is 0.850 e. The maximum Gasteiger partial charge on any atom is 1.00 e. The van der Waals surface area contributed by atoms with Gasteiger partial charge in [0, 0.05) is 6.20 Å². The van der Waals surface area contributed by atoms with Crippen LogP contribution in [0.2, 0.25) is 0 Å². The van der Waals surface area contributed by atoms with E-state index >= 15 is 0 Å². The number of hydrogen-bond donors (Lipinski definition) is 2. The van der Waals surface area contributed by atoms with Gasteiger partial charge in [-0.2, -0.15) is 0 Å². The van der Waals surface area contributed by atoms with Crippen LogP contribution in [0, 0.1) is 0 Å². The Morgan fingerprint density at radius 3 is 2.31 bits per heavy atom. The van der Waals surface area contributed by atoms with Gasteiger partial charge >= 0.3 is 51.4 Å². The molecule has 5 nitrogen and oxygen atoms in total. The van der Waals surface area contributed by atoms with Crippen molar-refractivity contribution in [3.05, 3.63) is 34.6 Å². The minimum Gasteiger partial charge on any atom is -0.850 e. The Bertz CT molecular complexity index is 347. The van der Waals surface area contributed by atoms with Crippen molar-refractivity contribution in [2.45, 2.75) is 26.4 Å². The molecule has 0 saturated heterocycles. The number of nitrogens with one attached hydrogen (secondary N) is 1. The third kappa shape index (κ3) is 12.2. The molecule has 0 unspecified atom stereocenters. The number of nitrogens with zero attached hydrogens (tertiary/aromatic N) is 1. The van der Waals surface area contributed by atoms with Gasteiger partial charge in [0.2, 0.25) is 5.43 Å². The normalized spacial score (nSPS) is 9.31. The van der Waals surface area contributed by atoms with Crippen molar-refractivity contribution in [3.63, 3.8) is 0 Å².